The Kier molecular flexibility index (Phi) is 6.43. The van der Waals surface area contributed by atoms with E-state index >= 15 is 0 Å². The number of halogens is 3. The molecule has 1 fully saturated rings. The number of rotatable bonds is 6. The topological polar surface area (TPSA) is 109 Å². The number of piperazine rings is 1. The van der Waals surface area contributed by atoms with Crippen molar-refractivity contribution in [3.63, 3.8) is 0 Å². The Balaban J connectivity index is 1.47. The molecule has 0 atom stereocenters. The molecule has 1 amide bonds. The van der Waals surface area contributed by atoms with Crippen LogP contribution < -0.4 is 10.2 Å². The molecule has 10 nitrogen and oxygen atoms in total. The number of nitrogens with zero attached hydrogens (tertiary/aromatic N) is 7. The molecule has 196 valence electrons. The van der Waals surface area contributed by atoms with Crippen LogP contribution in [0.3, 0.4) is 0 Å². The average Bonchev–Trinajstić information content (AvgIpc) is 3.29. The maximum atomic E-state index is 12.8. The lowest BCUT2D eigenvalue weighted by Crippen LogP contribution is -2.53. The fraction of sp³-hybridized carbons (Fsp3) is 0.280. The number of carbonyl (C=O) groups is 2. The molecule has 3 aromatic heterocycles. The Hall–Kier alpha value is -4.55. The summed E-state index contributed by atoms with van der Waals surface area (Å²) in [7, 11) is 0. The third-order valence-corrected chi connectivity index (χ3v) is 6.09. The number of alkyl halides is 3. The molecule has 1 aliphatic rings. The average molecular weight is 525 g/mol. The van der Waals surface area contributed by atoms with Gasteiger partial charge in [-0.05, 0) is 56.3 Å². The number of fused-ring (bicyclic) bond motifs is 1. The summed E-state index contributed by atoms with van der Waals surface area (Å²) in [5.41, 5.74) is 3.22. The van der Waals surface area contributed by atoms with Gasteiger partial charge in [-0.1, -0.05) is 0 Å². The van der Waals surface area contributed by atoms with Crippen LogP contribution >= 0.6 is 0 Å². The number of ketones is 1. The number of nitrogens with one attached hydrogen (secondary N) is 1. The van der Waals surface area contributed by atoms with E-state index in [1.165, 1.54) is 11.8 Å². The van der Waals surface area contributed by atoms with Gasteiger partial charge < -0.3 is 15.1 Å². The van der Waals surface area contributed by atoms with E-state index in [0.29, 0.717) is 17.2 Å². The van der Waals surface area contributed by atoms with Gasteiger partial charge in [-0.3, -0.25) is 14.2 Å². The summed E-state index contributed by atoms with van der Waals surface area (Å²) >= 11 is 0. The quantitative estimate of drug-likeness (QED) is 0.381. The van der Waals surface area contributed by atoms with Crippen LogP contribution in [-0.4, -0.2) is 73.7 Å². The minimum atomic E-state index is -4.48. The number of amides is 1. The van der Waals surface area contributed by atoms with Gasteiger partial charge in [-0.2, -0.15) is 18.3 Å². The molecule has 0 aliphatic carbocycles. The van der Waals surface area contributed by atoms with Crippen molar-refractivity contribution in [1.29, 1.82) is 0 Å². The van der Waals surface area contributed by atoms with Crippen molar-refractivity contribution in [1.82, 2.24) is 29.6 Å². The summed E-state index contributed by atoms with van der Waals surface area (Å²) < 4.78 is 40.2. The number of benzene rings is 1. The fourth-order valence-corrected chi connectivity index (χ4v) is 4.24. The zero-order valence-electron chi connectivity index (χ0n) is 20.5. The van der Waals surface area contributed by atoms with E-state index in [2.05, 4.69) is 25.5 Å². The molecular formula is C25H23F3N8O2. The Morgan fingerprint density at radius 3 is 2.58 bits per heavy atom. The Morgan fingerprint density at radius 2 is 1.89 bits per heavy atom. The third kappa shape index (κ3) is 5.26. The third-order valence-electron chi connectivity index (χ3n) is 6.09. The molecule has 0 saturated carbocycles. The fourth-order valence-electron chi connectivity index (χ4n) is 4.24. The number of hydrogen-bond donors (Lipinski definition) is 1. The van der Waals surface area contributed by atoms with Crippen LogP contribution in [0.2, 0.25) is 0 Å². The summed E-state index contributed by atoms with van der Waals surface area (Å²) in [6.45, 7) is 1.57. The first kappa shape index (κ1) is 25.1. The molecule has 4 heterocycles. The van der Waals surface area contributed by atoms with Crippen LogP contribution in [0.25, 0.3) is 16.9 Å². The summed E-state index contributed by atoms with van der Waals surface area (Å²) in [5.74, 6) is 0.288. The normalized spacial score (nSPS) is 14.3. The summed E-state index contributed by atoms with van der Waals surface area (Å²) in [5, 5.41) is 11.4. The Labute approximate surface area is 215 Å². The van der Waals surface area contributed by atoms with Gasteiger partial charge in [-0.15, -0.1) is 5.10 Å². The highest BCUT2D eigenvalue weighted by Gasteiger charge is 2.36. The van der Waals surface area contributed by atoms with E-state index in [1.54, 1.807) is 23.0 Å². The molecule has 0 spiro atoms. The second-order valence-electron chi connectivity index (χ2n) is 8.95. The van der Waals surface area contributed by atoms with Crippen LogP contribution in [0, 0.1) is 6.92 Å². The molecule has 4 aromatic rings. The van der Waals surface area contributed by atoms with E-state index in [-0.39, 0.29) is 36.8 Å². The monoisotopic (exact) mass is 524 g/mol. The number of hydrogen-bond acceptors (Lipinski definition) is 8. The summed E-state index contributed by atoms with van der Waals surface area (Å²) in [4.78, 5) is 36.2. The molecule has 0 unspecified atom stereocenters. The lowest BCUT2D eigenvalue weighted by atomic mass is 10.1. The first-order chi connectivity index (χ1) is 18.1. The van der Waals surface area contributed by atoms with Crippen molar-refractivity contribution in [2.24, 2.45) is 0 Å². The Morgan fingerprint density at radius 1 is 1.08 bits per heavy atom. The first-order valence-electron chi connectivity index (χ1n) is 11.7. The van der Waals surface area contributed by atoms with Crippen LogP contribution in [0.4, 0.5) is 30.5 Å². The van der Waals surface area contributed by atoms with E-state index in [9.17, 15) is 22.8 Å². The second-order valence-corrected chi connectivity index (χ2v) is 8.95. The van der Waals surface area contributed by atoms with Crippen molar-refractivity contribution < 1.29 is 22.8 Å². The predicted octanol–water partition coefficient (Wildman–Crippen LogP) is 3.68. The van der Waals surface area contributed by atoms with Gasteiger partial charge in [0.2, 0.25) is 5.91 Å². The molecule has 1 N–H and O–H groups in total. The maximum Gasteiger partial charge on any atom is 0.406 e. The van der Waals surface area contributed by atoms with Crippen molar-refractivity contribution in [3.8, 4) is 5.82 Å². The highest BCUT2D eigenvalue weighted by molar-refractivity contribution is 5.99. The summed E-state index contributed by atoms with van der Waals surface area (Å²) in [6.07, 6.45) is -2.89. The molecule has 0 bridgehead atoms. The SMILES string of the molecule is CC(=O)c1ccc(-n2cnc3ccc(Nc4ccc(C)nn4)cc32)nc1N1CCN(CC(F)(F)F)C(=O)C1. The lowest BCUT2D eigenvalue weighted by Gasteiger charge is -2.36. The second kappa shape index (κ2) is 9.72. The van der Waals surface area contributed by atoms with Crippen molar-refractivity contribution in [3.05, 3.63) is 60.0 Å². The predicted molar refractivity (Wildman–Crippen MR) is 134 cm³/mol. The number of anilines is 3. The maximum absolute atomic E-state index is 12.8. The molecule has 13 heteroatoms. The number of carbonyl (C=O) groups excluding carboxylic acids is 2. The van der Waals surface area contributed by atoms with E-state index in [1.807, 2.05) is 37.3 Å². The first-order valence-corrected chi connectivity index (χ1v) is 11.7. The van der Waals surface area contributed by atoms with Crippen LogP contribution in [0.15, 0.2) is 48.8 Å². The summed E-state index contributed by atoms with van der Waals surface area (Å²) in [6, 6.07) is 12.5. The Bertz CT molecular complexity index is 1520. The van der Waals surface area contributed by atoms with Crippen LogP contribution in [0.1, 0.15) is 23.0 Å². The van der Waals surface area contributed by atoms with E-state index in [4.69, 9.17) is 0 Å². The largest absolute Gasteiger partial charge is 0.406 e. The van der Waals surface area contributed by atoms with Gasteiger partial charge in [0, 0.05) is 18.8 Å². The van der Waals surface area contributed by atoms with Crippen molar-refractivity contribution in [2.45, 2.75) is 20.0 Å². The van der Waals surface area contributed by atoms with Crippen LogP contribution in [-0.2, 0) is 4.79 Å². The molecule has 1 saturated heterocycles. The number of Topliss-reactive ketones (excluding diaryl/α,β-unsaturated/α-hetero) is 1. The van der Waals surface area contributed by atoms with Gasteiger partial charge in [0.25, 0.3) is 0 Å². The number of pyridine rings is 1. The smallest absolute Gasteiger partial charge is 0.345 e. The van der Waals surface area contributed by atoms with Gasteiger partial charge in [0.15, 0.2) is 11.6 Å². The molecule has 1 aromatic carbocycles. The van der Waals surface area contributed by atoms with Crippen molar-refractivity contribution >= 4 is 40.0 Å². The van der Waals surface area contributed by atoms with Gasteiger partial charge in [-0.25, -0.2) is 9.97 Å². The highest BCUT2D eigenvalue weighted by Crippen LogP contribution is 2.27. The minimum absolute atomic E-state index is 0.106. The van der Waals surface area contributed by atoms with Crippen molar-refractivity contribution in [2.75, 3.05) is 36.4 Å². The van der Waals surface area contributed by atoms with Gasteiger partial charge in [0.05, 0.1) is 28.8 Å². The van der Waals surface area contributed by atoms with Gasteiger partial charge >= 0.3 is 6.18 Å². The molecular weight excluding hydrogens is 501 g/mol. The minimum Gasteiger partial charge on any atom is -0.345 e. The number of aryl methyl sites for hydroxylation is 1. The zero-order chi connectivity index (χ0) is 27.0. The molecule has 38 heavy (non-hydrogen) atoms. The number of aromatic nitrogens is 5. The molecule has 0 radical (unpaired) electrons. The van der Waals surface area contributed by atoms with Gasteiger partial charge in [0.1, 0.15) is 24.5 Å². The van der Waals surface area contributed by atoms with E-state index in [0.717, 1.165) is 21.8 Å². The molecule has 5 rings (SSSR count). The number of imidazole rings is 1. The zero-order valence-corrected chi connectivity index (χ0v) is 20.5. The van der Waals surface area contributed by atoms with Crippen LogP contribution in [0.5, 0.6) is 0 Å². The molecule has 1 aliphatic heterocycles. The lowest BCUT2D eigenvalue weighted by molar-refractivity contribution is -0.161. The highest BCUT2D eigenvalue weighted by atomic mass is 19.4. The van der Waals surface area contributed by atoms with E-state index < -0.39 is 18.6 Å². The standard InChI is InChI=1S/C25H23F3N8O2/c1-15-3-7-21(33-32-15)30-17-4-6-19-20(11-17)36(14-29-19)22-8-5-18(16(2)37)24(31-22)34-9-10-35(23(38)12-34)13-25(26,27)28/h3-8,11,14H,9-10,12-13H2,1-2H3,(H,30,33).